The van der Waals surface area contributed by atoms with Gasteiger partial charge in [-0.3, -0.25) is 4.79 Å². The number of nitrogens with zero attached hydrogens (tertiary/aromatic N) is 2. The van der Waals surface area contributed by atoms with Gasteiger partial charge in [-0.25, -0.2) is 0 Å². The third-order valence-electron chi connectivity index (χ3n) is 9.42. The van der Waals surface area contributed by atoms with E-state index < -0.39 is 5.60 Å². The van der Waals surface area contributed by atoms with Crippen LogP contribution >= 0.6 is 0 Å². The Labute approximate surface area is 256 Å². The van der Waals surface area contributed by atoms with E-state index in [0.29, 0.717) is 19.4 Å². The number of piperazine rings is 1. The van der Waals surface area contributed by atoms with E-state index in [1.54, 1.807) is 0 Å². The monoisotopic (exact) mass is 579 g/mol. The molecule has 41 heavy (non-hydrogen) atoms. The lowest BCUT2D eigenvalue weighted by molar-refractivity contribution is -0.147. The maximum atomic E-state index is 13.1. The van der Waals surface area contributed by atoms with Gasteiger partial charge < -0.3 is 19.3 Å². The molecule has 0 spiro atoms. The lowest BCUT2D eigenvalue weighted by Gasteiger charge is -2.34. The van der Waals surface area contributed by atoms with Crippen LogP contribution in [-0.2, 0) is 14.3 Å². The van der Waals surface area contributed by atoms with E-state index in [9.17, 15) is 4.79 Å². The molecular formula is C36H70N2O3. The van der Waals surface area contributed by atoms with Gasteiger partial charge in [-0.2, -0.15) is 0 Å². The first-order valence-electron chi connectivity index (χ1n) is 17.7. The highest BCUT2D eigenvalue weighted by Gasteiger charge is 2.33. The molecule has 0 radical (unpaired) electrons. The standard InChI is InChI=1S/C36H70N2O3/c1-7-10-11-12-13-14-15-16-17-18-19-20-21-22-23-24-32-40-35(4,8-2)26-33-41-36(5,9-3)34(39)25-27-38-30-28-37(6)29-31-38/h16-17H,7-15,18-33H2,1-6H3. The molecule has 1 fully saturated rings. The van der Waals surface area contributed by atoms with Crippen LogP contribution < -0.4 is 0 Å². The zero-order chi connectivity index (χ0) is 30.2. The lowest BCUT2D eigenvalue weighted by atomic mass is 9.94. The number of unbranched alkanes of at least 4 members (excludes halogenated alkanes) is 12. The van der Waals surface area contributed by atoms with E-state index in [-0.39, 0.29) is 11.4 Å². The van der Waals surface area contributed by atoms with E-state index in [1.807, 2.05) is 6.92 Å². The molecule has 0 aromatic carbocycles. The summed E-state index contributed by atoms with van der Waals surface area (Å²) in [7, 11) is 2.16. The molecule has 1 saturated heterocycles. The molecule has 0 bridgehead atoms. The molecule has 5 heteroatoms. The van der Waals surface area contributed by atoms with Crippen LogP contribution in [0, 0.1) is 0 Å². The summed E-state index contributed by atoms with van der Waals surface area (Å²) in [5.41, 5.74) is -0.871. The zero-order valence-electron chi connectivity index (χ0n) is 28.5. The quantitative estimate of drug-likeness (QED) is 0.0719. The third kappa shape index (κ3) is 18.5. The number of ketones is 1. The number of hydrogen-bond acceptors (Lipinski definition) is 5. The Hall–Kier alpha value is -0.750. The average Bonchev–Trinajstić information content (AvgIpc) is 2.98. The van der Waals surface area contributed by atoms with E-state index in [2.05, 4.69) is 56.7 Å². The molecule has 0 aromatic rings. The Morgan fingerprint density at radius 2 is 1.27 bits per heavy atom. The maximum absolute atomic E-state index is 13.1. The third-order valence-corrected chi connectivity index (χ3v) is 9.42. The summed E-state index contributed by atoms with van der Waals surface area (Å²) in [6.07, 6.45) is 26.4. The number of ether oxygens (including phenoxy) is 2. The topological polar surface area (TPSA) is 42.0 Å². The lowest BCUT2D eigenvalue weighted by Crippen LogP contribution is -2.46. The smallest absolute Gasteiger partial charge is 0.165 e. The van der Waals surface area contributed by atoms with Gasteiger partial charge in [0.25, 0.3) is 0 Å². The van der Waals surface area contributed by atoms with Gasteiger partial charge in [0, 0.05) is 45.8 Å². The Balaban J connectivity index is 2.10. The highest BCUT2D eigenvalue weighted by molar-refractivity contribution is 5.87. The van der Waals surface area contributed by atoms with Crippen molar-refractivity contribution in [1.29, 1.82) is 0 Å². The van der Waals surface area contributed by atoms with Crippen molar-refractivity contribution in [2.75, 3.05) is 53.0 Å². The number of allylic oxidation sites excluding steroid dienone is 2. The van der Waals surface area contributed by atoms with Crippen LogP contribution in [0.3, 0.4) is 0 Å². The molecule has 1 rings (SSSR count). The van der Waals surface area contributed by atoms with Crippen LogP contribution in [-0.4, -0.2) is 79.8 Å². The summed E-state index contributed by atoms with van der Waals surface area (Å²) in [5.74, 6) is 0.238. The number of Topliss-reactive ketones (excluding diaryl/α,β-unsaturated/α-hetero) is 1. The van der Waals surface area contributed by atoms with Crippen LogP contribution in [0.5, 0.6) is 0 Å². The Morgan fingerprint density at radius 1 is 0.707 bits per heavy atom. The largest absolute Gasteiger partial charge is 0.375 e. The fourth-order valence-corrected chi connectivity index (χ4v) is 5.49. The Morgan fingerprint density at radius 3 is 1.83 bits per heavy atom. The molecule has 1 heterocycles. The molecule has 2 unspecified atom stereocenters. The van der Waals surface area contributed by atoms with Crippen molar-refractivity contribution < 1.29 is 14.3 Å². The van der Waals surface area contributed by atoms with Crippen molar-refractivity contribution in [2.24, 2.45) is 0 Å². The van der Waals surface area contributed by atoms with E-state index in [1.165, 1.54) is 83.5 Å². The molecular weight excluding hydrogens is 508 g/mol. The van der Waals surface area contributed by atoms with Crippen LogP contribution in [0.1, 0.15) is 150 Å². The van der Waals surface area contributed by atoms with Crippen molar-refractivity contribution in [3.8, 4) is 0 Å². The van der Waals surface area contributed by atoms with E-state index >= 15 is 0 Å². The second kappa shape index (κ2) is 23.7. The van der Waals surface area contributed by atoms with Gasteiger partial charge in [0.15, 0.2) is 5.78 Å². The minimum absolute atomic E-state index is 0.181. The fraction of sp³-hybridized carbons (Fsp3) is 0.917. The molecule has 0 aliphatic carbocycles. The number of carbonyl (C=O) groups is 1. The van der Waals surface area contributed by atoms with Gasteiger partial charge in [0.05, 0.1) is 12.2 Å². The van der Waals surface area contributed by atoms with Crippen LogP contribution in [0.15, 0.2) is 12.2 Å². The predicted octanol–water partition coefficient (Wildman–Crippen LogP) is 8.99. The highest BCUT2D eigenvalue weighted by atomic mass is 16.5. The Kier molecular flexibility index (Phi) is 22.1. The second-order valence-corrected chi connectivity index (χ2v) is 13.1. The summed E-state index contributed by atoms with van der Waals surface area (Å²) in [4.78, 5) is 17.8. The molecule has 0 N–H and O–H groups in total. The van der Waals surface area contributed by atoms with Gasteiger partial charge in [0.1, 0.15) is 5.60 Å². The molecule has 0 amide bonds. The van der Waals surface area contributed by atoms with Gasteiger partial charge in [0.2, 0.25) is 0 Å². The maximum Gasteiger partial charge on any atom is 0.165 e. The van der Waals surface area contributed by atoms with Crippen molar-refractivity contribution in [3.05, 3.63) is 12.2 Å². The number of hydrogen-bond donors (Lipinski definition) is 0. The number of rotatable bonds is 27. The first-order chi connectivity index (χ1) is 19.8. The van der Waals surface area contributed by atoms with Gasteiger partial charge in [-0.15, -0.1) is 0 Å². The van der Waals surface area contributed by atoms with Crippen molar-refractivity contribution in [1.82, 2.24) is 9.80 Å². The summed E-state index contributed by atoms with van der Waals surface area (Å²) >= 11 is 0. The number of likely N-dealkylation sites (N-methyl/N-ethyl adjacent to an activating group) is 1. The van der Waals surface area contributed by atoms with Crippen LogP contribution in [0.25, 0.3) is 0 Å². The molecule has 242 valence electrons. The molecule has 1 aliphatic heterocycles. The van der Waals surface area contributed by atoms with Crippen LogP contribution in [0.4, 0.5) is 0 Å². The summed E-state index contributed by atoms with van der Waals surface area (Å²) in [6, 6.07) is 0. The molecule has 0 aromatic heterocycles. The minimum Gasteiger partial charge on any atom is -0.375 e. The van der Waals surface area contributed by atoms with Gasteiger partial charge >= 0.3 is 0 Å². The summed E-state index contributed by atoms with van der Waals surface area (Å²) in [6.45, 7) is 17.2. The summed E-state index contributed by atoms with van der Waals surface area (Å²) < 4.78 is 12.6. The van der Waals surface area contributed by atoms with Crippen molar-refractivity contribution >= 4 is 5.78 Å². The van der Waals surface area contributed by atoms with Gasteiger partial charge in [-0.1, -0.05) is 90.7 Å². The van der Waals surface area contributed by atoms with Gasteiger partial charge in [-0.05, 0) is 72.3 Å². The molecule has 1 aliphatic rings. The summed E-state index contributed by atoms with van der Waals surface area (Å²) in [5, 5.41) is 0. The number of carbonyl (C=O) groups excluding carboxylic acids is 1. The van der Waals surface area contributed by atoms with E-state index in [4.69, 9.17) is 9.47 Å². The molecule has 2 atom stereocenters. The van der Waals surface area contributed by atoms with Crippen LogP contribution in [0.2, 0.25) is 0 Å². The Bertz CT molecular complexity index is 661. The van der Waals surface area contributed by atoms with Crippen molar-refractivity contribution in [2.45, 2.75) is 161 Å². The second-order valence-electron chi connectivity index (χ2n) is 13.1. The first kappa shape index (κ1) is 38.3. The molecule has 0 saturated carbocycles. The normalized spacial score (nSPS) is 18.1. The predicted molar refractivity (Wildman–Crippen MR) is 177 cm³/mol. The highest BCUT2D eigenvalue weighted by Crippen LogP contribution is 2.25. The average molecular weight is 579 g/mol. The fourth-order valence-electron chi connectivity index (χ4n) is 5.49. The minimum atomic E-state index is -0.690. The zero-order valence-corrected chi connectivity index (χ0v) is 28.5. The van der Waals surface area contributed by atoms with Crippen molar-refractivity contribution in [3.63, 3.8) is 0 Å². The van der Waals surface area contributed by atoms with E-state index in [0.717, 1.165) is 58.6 Å². The molecule has 5 nitrogen and oxygen atoms in total. The SMILES string of the molecule is CCCCCCCCC=CCCCCCCCCOC(C)(CC)CCOC(C)(CC)C(=O)CCN1CCN(C)CC1. The first-order valence-corrected chi connectivity index (χ1v) is 17.7.